The zero-order valence-corrected chi connectivity index (χ0v) is 18.8. The van der Waals surface area contributed by atoms with Crippen molar-refractivity contribution in [2.24, 2.45) is 5.92 Å². The molecule has 29 heavy (non-hydrogen) atoms. The molecule has 0 atom stereocenters. The zero-order valence-electron chi connectivity index (χ0n) is 15.7. The van der Waals surface area contributed by atoms with Crippen molar-refractivity contribution in [3.8, 4) is 0 Å². The quantitative estimate of drug-likeness (QED) is 0.454. The highest BCUT2D eigenvalue weighted by Crippen LogP contribution is 2.39. The second-order valence-corrected chi connectivity index (χ2v) is 10.6. The van der Waals surface area contributed by atoms with Crippen LogP contribution in [0.3, 0.4) is 0 Å². The minimum Gasteiger partial charge on any atom is -0.370 e. The SMILES string of the molecule is CC1CCN(c2c(S(=O)(=O)c3ccc(Cl)c(Cl)c3)cnc3ccc(Cl)cc23)CC1. The van der Waals surface area contributed by atoms with Crippen LogP contribution in [0.5, 0.6) is 0 Å². The highest BCUT2D eigenvalue weighted by molar-refractivity contribution is 7.91. The second-order valence-electron chi connectivity index (χ2n) is 7.38. The van der Waals surface area contributed by atoms with E-state index in [0.717, 1.165) is 31.3 Å². The molecular weight excluding hydrogens is 451 g/mol. The molecule has 3 aromatic rings. The van der Waals surface area contributed by atoms with E-state index < -0.39 is 9.84 Å². The van der Waals surface area contributed by atoms with Gasteiger partial charge in [-0.1, -0.05) is 41.7 Å². The fourth-order valence-electron chi connectivity index (χ4n) is 3.66. The minimum absolute atomic E-state index is 0.0849. The van der Waals surface area contributed by atoms with Gasteiger partial charge in [-0.3, -0.25) is 4.98 Å². The molecule has 4 rings (SSSR count). The van der Waals surface area contributed by atoms with Gasteiger partial charge in [0.05, 0.1) is 26.1 Å². The molecule has 0 saturated carbocycles. The van der Waals surface area contributed by atoms with Gasteiger partial charge in [-0.25, -0.2) is 8.42 Å². The molecule has 0 amide bonds. The molecule has 2 heterocycles. The number of sulfone groups is 1. The Morgan fingerprint density at radius 2 is 1.72 bits per heavy atom. The van der Waals surface area contributed by atoms with Crippen molar-refractivity contribution in [3.05, 3.63) is 57.7 Å². The average Bonchev–Trinajstić information content (AvgIpc) is 2.69. The van der Waals surface area contributed by atoms with Gasteiger partial charge in [0, 0.05) is 29.7 Å². The molecule has 0 N–H and O–H groups in total. The number of fused-ring (bicyclic) bond motifs is 1. The van der Waals surface area contributed by atoms with Gasteiger partial charge >= 0.3 is 0 Å². The molecular formula is C21H19Cl3N2O2S. The molecule has 8 heteroatoms. The van der Waals surface area contributed by atoms with Crippen molar-refractivity contribution >= 4 is 61.2 Å². The van der Waals surface area contributed by atoms with Crippen LogP contribution in [0.2, 0.25) is 15.1 Å². The van der Waals surface area contributed by atoms with Gasteiger partial charge < -0.3 is 4.90 Å². The highest BCUT2D eigenvalue weighted by atomic mass is 35.5. The zero-order chi connectivity index (χ0) is 20.8. The molecule has 0 bridgehead atoms. The summed E-state index contributed by atoms with van der Waals surface area (Å²) in [4.78, 5) is 6.77. The maximum Gasteiger partial charge on any atom is 0.210 e. The molecule has 0 spiro atoms. The summed E-state index contributed by atoms with van der Waals surface area (Å²) < 4.78 is 27.1. The van der Waals surface area contributed by atoms with Crippen molar-refractivity contribution < 1.29 is 8.42 Å². The Labute approximate surface area is 185 Å². The topological polar surface area (TPSA) is 50.3 Å². The predicted molar refractivity (Wildman–Crippen MR) is 119 cm³/mol. The number of halogens is 3. The maximum atomic E-state index is 13.6. The third-order valence-corrected chi connectivity index (χ3v) is 8.09. The van der Waals surface area contributed by atoms with Crippen molar-refractivity contribution in [2.45, 2.75) is 29.6 Å². The Balaban J connectivity index is 1.96. The monoisotopic (exact) mass is 468 g/mol. The van der Waals surface area contributed by atoms with E-state index in [0.29, 0.717) is 27.2 Å². The first-order chi connectivity index (χ1) is 13.8. The summed E-state index contributed by atoms with van der Waals surface area (Å²) in [7, 11) is -3.87. The molecule has 0 unspecified atom stereocenters. The fraction of sp³-hybridized carbons (Fsp3) is 0.286. The van der Waals surface area contributed by atoms with Gasteiger partial charge in [-0.2, -0.15) is 0 Å². The number of piperidine rings is 1. The lowest BCUT2D eigenvalue weighted by molar-refractivity contribution is 0.437. The lowest BCUT2D eigenvalue weighted by atomic mass is 9.98. The number of aromatic nitrogens is 1. The molecule has 0 aliphatic carbocycles. The summed E-state index contributed by atoms with van der Waals surface area (Å²) in [6.45, 7) is 3.76. The number of pyridine rings is 1. The lowest BCUT2D eigenvalue weighted by Gasteiger charge is -2.34. The van der Waals surface area contributed by atoms with E-state index in [1.54, 1.807) is 12.1 Å². The number of nitrogens with zero attached hydrogens (tertiary/aromatic N) is 2. The van der Waals surface area contributed by atoms with E-state index in [2.05, 4.69) is 16.8 Å². The van der Waals surface area contributed by atoms with Gasteiger partial charge in [0.25, 0.3) is 0 Å². The number of rotatable bonds is 3. The third kappa shape index (κ3) is 3.93. The molecule has 1 aliphatic heterocycles. The molecule has 1 aromatic heterocycles. The normalized spacial score (nSPS) is 15.8. The van der Waals surface area contributed by atoms with E-state index in [-0.39, 0.29) is 14.8 Å². The van der Waals surface area contributed by atoms with E-state index in [9.17, 15) is 8.42 Å². The first kappa shape index (κ1) is 20.7. The largest absolute Gasteiger partial charge is 0.370 e. The Bertz CT molecular complexity index is 1190. The minimum atomic E-state index is -3.87. The summed E-state index contributed by atoms with van der Waals surface area (Å²) in [5.41, 5.74) is 1.35. The van der Waals surface area contributed by atoms with E-state index in [1.165, 1.54) is 24.4 Å². The van der Waals surface area contributed by atoms with Gasteiger partial charge in [0.1, 0.15) is 4.90 Å². The molecule has 1 saturated heterocycles. The molecule has 1 aliphatic rings. The van der Waals surface area contributed by atoms with Crippen LogP contribution in [-0.2, 0) is 9.84 Å². The van der Waals surface area contributed by atoms with Crippen LogP contribution in [0.4, 0.5) is 5.69 Å². The van der Waals surface area contributed by atoms with E-state index in [1.807, 2.05) is 6.07 Å². The van der Waals surface area contributed by atoms with Gasteiger partial charge in [0.15, 0.2) is 0 Å². The molecule has 1 fully saturated rings. The van der Waals surface area contributed by atoms with Gasteiger partial charge in [-0.05, 0) is 55.2 Å². The highest BCUT2D eigenvalue weighted by Gasteiger charge is 2.29. The molecule has 152 valence electrons. The smallest absolute Gasteiger partial charge is 0.210 e. The molecule has 0 radical (unpaired) electrons. The molecule has 4 nitrogen and oxygen atoms in total. The standard InChI is InChI=1S/C21H19Cl3N2O2S/c1-13-6-8-26(9-7-13)21-16-10-14(22)2-5-19(16)25-12-20(21)29(27,28)15-3-4-17(23)18(24)11-15/h2-5,10-13H,6-9H2,1H3. The van der Waals surface area contributed by atoms with Crippen LogP contribution < -0.4 is 4.90 Å². The first-order valence-corrected chi connectivity index (χ1v) is 11.9. The van der Waals surface area contributed by atoms with E-state index >= 15 is 0 Å². The number of anilines is 1. The van der Waals surface area contributed by atoms with Crippen molar-refractivity contribution in [2.75, 3.05) is 18.0 Å². The molecule has 2 aromatic carbocycles. The number of hydrogen-bond donors (Lipinski definition) is 0. The number of benzene rings is 2. The second kappa shape index (κ2) is 7.95. The maximum absolute atomic E-state index is 13.6. The Morgan fingerprint density at radius 1 is 1.00 bits per heavy atom. The average molecular weight is 470 g/mol. The van der Waals surface area contributed by atoms with Crippen LogP contribution >= 0.6 is 34.8 Å². The summed E-state index contributed by atoms with van der Waals surface area (Å²) in [5, 5.41) is 1.76. The summed E-state index contributed by atoms with van der Waals surface area (Å²) in [6.07, 6.45) is 3.43. The fourth-order valence-corrected chi connectivity index (χ4v) is 5.65. The Hall–Kier alpha value is -1.53. The van der Waals surface area contributed by atoms with Crippen LogP contribution in [0.15, 0.2) is 52.4 Å². The van der Waals surface area contributed by atoms with E-state index in [4.69, 9.17) is 34.8 Å². The Kier molecular flexibility index (Phi) is 5.68. The summed E-state index contributed by atoms with van der Waals surface area (Å²) in [5.74, 6) is 0.609. The number of hydrogen-bond acceptors (Lipinski definition) is 4. The summed E-state index contributed by atoms with van der Waals surface area (Å²) in [6, 6.07) is 9.68. The van der Waals surface area contributed by atoms with Crippen molar-refractivity contribution in [3.63, 3.8) is 0 Å². The van der Waals surface area contributed by atoms with Crippen LogP contribution in [0.1, 0.15) is 19.8 Å². The third-order valence-electron chi connectivity index (χ3n) is 5.36. The lowest BCUT2D eigenvalue weighted by Crippen LogP contribution is -2.34. The predicted octanol–water partition coefficient (Wildman–Crippen LogP) is 6.26. The van der Waals surface area contributed by atoms with Crippen molar-refractivity contribution in [1.82, 2.24) is 4.98 Å². The van der Waals surface area contributed by atoms with Crippen LogP contribution in [0, 0.1) is 5.92 Å². The first-order valence-electron chi connectivity index (χ1n) is 9.30. The summed E-state index contributed by atoms with van der Waals surface area (Å²) >= 11 is 18.3. The van der Waals surface area contributed by atoms with Crippen LogP contribution in [0.25, 0.3) is 10.9 Å². The Morgan fingerprint density at radius 3 is 2.41 bits per heavy atom. The van der Waals surface area contributed by atoms with Crippen LogP contribution in [-0.4, -0.2) is 26.5 Å². The van der Waals surface area contributed by atoms with Crippen molar-refractivity contribution in [1.29, 1.82) is 0 Å². The van der Waals surface area contributed by atoms with Gasteiger partial charge in [-0.15, -0.1) is 0 Å². The van der Waals surface area contributed by atoms with Gasteiger partial charge in [0.2, 0.25) is 9.84 Å².